The molecule has 4 rings (SSSR count). The van der Waals surface area contributed by atoms with Crippen molar-refractivity contribution in [3.63, 3.8) is 0 Å². The van der Waals surface area contributed by atoms with Gasteiger partial charge in [0, 0.05) is 18.9 Å². The van der Waals surface area contributed by atoms with Gasteiger partial charge in [0.1, 0.15) is 0 Å². The fraction of sp³-hybridized carbons (Fsp3) is 0.125. The minimum Gasteiger partial charge on any atom is -0.346 e. The molecule has 0 aliphatic heterocycles. The molecule has 178 valence electrons. The Bertz CT molecular complexity index is 1470. The highest BCUT2D eigenvalue weighted by Crippen LogP contribution is 2.29. The van der Waals surface area contributed by atoms with Gasteiger partial charge in [-0.25, -0.2) is 4.79 Å². The summed E-state index contributed by atoms with van der Waals surface area (Å²) in [6.07, 6.45) is -1.52. The fourth-order valence-corrected chi connectivity index (χ4v) is 3.33. The van der Waals surface area contributed by atoms with Crippen LogP contribution in [0.5, 0.6) is 0 Å². The van der Waals surface area contributed by atoms with Crippen LogP contribution in [-0.4, -0.2) is 25.2 Å². The Kier molecular flexibility index (Phi) is 6.58. The maximum atomic E-state index is 13.1. The number of aromatic nitrogens is 4. The summed E-state index contributed by atoms with van der Waals surface area (Å²) >= 11 is 0. The first-order valence-electron chi connectivity index (χ1n) is 10.4. The van der Waals surface area contributed by atoms with E-state index in [2.05, 4.69) is 15.4 Å². The van der Waals surface area contributed by atoms with Gasteiger partial charge in [-0.1, -0.05) is 30.3 Å². The Morgan fingerprint density at radius 2 is 1.63 bits per heavy atom. The first-order valence-corrected chi connectivity index (χ1v) is 10.4. The van der Waals surface area contributed by atoms with Crippen LogP contribution in [0.15, 0.2) is 88.7 Å². The molecule has 0 atom stereocenters. The fourth-order valence-electron chi connectivity index (χ4n) is 3.33. The zero-order valence-electron chi connectivity index (χ0n) is 18.1. The third-order valence-corrected chi connectivity index (χ3v) is 5.07. The predicted octanol–water partition coefficient (Wildman–Crippen LogP) is 2.79. The standard InChI is InChI=1S/C24H18F3N5O3/c25-24(26,27)18-6-4-5-17(13-18)15-31-22(34)20(21(33)29-14-16-9-11-28-12-10-16)30-32(23(31)35)19-7-2-1-3-8-19/h1-13H,14-15H2,(H,29,33). The number of nitrogens with zero attached hydrogens (tertiary/aromatic N) is 4. The molecule has 0 saturated carbocycles. The monoisotopic (exact) mass is 481 g/mol. The first kappa shape index (κ1) is 23.6. The minimum absolute atomic E-state index is 0.0629. The Labute approximate surface area is 196 Å². The SMILES string of the molecule is O=C(NCc1ccncc1)c1nn(-c2ccccc2)c(=O)n(Cc2cccc(C(F)(F)F)c2)c1=O. The normalized spacial score (nSPS) is 11.3. The molecule has 0 aliphatic carbocycles. The summed E-state index contributed by atoms with van der Waals surface area (Å²) in [7, 11) is 0. The lowest BCUT2D eigenvalue weighted by atomic mass is 10.1. The second-order valence-electron chi connectivity index (χ2n) is 7.51. The first-order chi connectivity index (χ1) is 16.7. The van der Waals surface area contributed by atoms with E-state index in [1.807, 2.05) is 0 Å². The van der Waals surface area contributed by atoms with Crippen LogP contribution in [0.3, 0.4) is 0 Å². The molecule has 0 saturated heterocycles. The molecule has 0 spiro atoms. The maximum Gasteiger partial charge on any atom is 0.416 e. The molecular formula is C24H18F3N5O3. The van der Waals surface area contributed by atoms with Crippen molar-refractivity contribution in [2.24, 2.45) is 0 Å². The largest absolute Gasteiger partial charge is 0.416 e. The Balaban J connectivity index is 1.77. The Morgan fingerprint density at radius 3 is 2.31 bits per heavy atom. The van der Waals surface area contributed by atoms with E-state index >= 15 is 0 Å². The summed E-state index contributed by atoms with van der Waals surface area (Å²) in [5.41, 5.74) is -2.36. The molecule has 4 aromatic rings. The molecule has 0 radical (unpaired) electrons. The average Bonchev–Trinajstić information content (AvgIpc) is 2.86. The average molecular weight is 481 g/mol. The molecule has 8 nitrogen and oxygen atoms in total. The van der Waals surface area contributed by atoms with Gasteiger partial charge in [-0.15, -0.1) is 0 Å². The smallest absolute Gasteiger partial charge is 0.346 e. The van der Waals surface area contributed by atoms with Crippen molar-refractivity contribution in [2.75, 3.05) is 0 Å². The Hall–Kier alpha value is -4.54. The number of carbonyl (C=O) groups excluding carboxylic acids is 1. The van der Waals surface area contributed by atoms with Gasteiger partial charge in [0.15, 0.2) is 0 Å². The third-order valence-electron chi connectivity index (χ3n) is 5.07. The quantitative estimate of drug-likeness (QED) is 0.457. The van der Waals surface area contributed by atoms with Crippen LogP contribution >= 0.6 is 0 Å². The van der Waals surface area contributed by atoms with E-state index in [-0.39, 0.29) is 17.8 Å². The van der Waals surface area contributed by atoms with Gasteiger partial charge in [0.25, 0.3) is 11.5 Å². The number of nitrogens with one attached hydrogen (secondary N) is 1. The van der Waals surface area contributed by atoms with E-state index in [0.29, 0.717) is 10.1 Å². The lowest BCUT2D eigenvalue weighted by Crippen LogP contribution is -2.46. The van der Waals surface area contributed by atoms with Gasteiger partial charge < -0.3 is 5.32 Å². The van der Waals surface area contributed by atoms with Crippen LogP contribution in [0.4, 0.5) is 13.2 Å². The molecule has 2 heterocycles. The molecule has 0 unspecified atom stereocenters. The van der Waals surface area contributed by atoms with Crippen molar-refractivity contribution in [1.29, 1.82) is 0 Å². The van der Waals surface area contributed by atoms with Gasteiger partial charge in [0.2, 0.25) is 5.69 Å². The van der Waals surface area contributed by atoms with Gasteiger partial charge >= 0.3 is 11.9 Å². The highest BCUT2D eigenvalue weighted by atomic mass is 19.4. The van der Waals surface area contributed by atoms with Crippen LogP contribution in [0.2, 0.25) is 0 Å². The van der Waals surface area contributed by atoms with Crippen molar-refractivity contribution in [2.45, 2.75) is 19.3 Å². The molecular weight excluding hydrogens is 463 g/mol. The molecule has 0 aliphatic rings. The number of alkyl halides is 3. The van der Waals surface area contributed by atoms with Crippen molar-refractivity contribution in [1.82, 2.24) is 24.6 Å². The summed E-state index contributed by atoms with van der Waals surface area (Å²) in [5, 5.41) is 6.55. The van der Waals surface area contributed by atoms with Crippen LogP contribution in [0.1, 0.15) is 27.2 Å². The van der Waals surface area contributed by atoms with Crippen LogP contribution in [0, 0.1) is 0 Å². The molecule has 2 aromatic carbocycles. The number of benzene rings is 2. The van der Waals surface area contributed by atoms with E-state index in [4.69, 9.17) is 0 Å². The molecule has 2 aromatic heterocycles. The summed E-state index contributed by atoms with van der Waals surface area (Å²) in [4.78, 5) is 43.0. The molecule has 0 bridgehead atoms. The molecule has 0 fully saturated rings. The van der Waals surface area contributed by atoms with Crippen molar-refractivity contribution >= 4 is 5.91 Å². The topological polar surface area (TPSA) is 98.9 Å². The summed E-state index contributed by atoms with van der Waals surface area (Å²) in [5.74, 6) is -0.839. The molecule has 35 heavy (non-hydrogen) atoms. The number of para-hydroxylation sites is 1. The van der Waals surface area contributed by atoms with Crippen molar-refractivity contribution in [3.8, 4) is 5.69 Å². The second kappa shape index (κ2) is 9.75. The Morgan fingerprint density at radius 1 is 0.914 bits per heavy atom. The number of pyridine rings is 1. The minimum atomic E-state index is -4.60. The number of hydrogen-bond acceptors (Lipinski definition) is 5. The highest BCUT2D eigenvalue weighted by Gasteiger charge is 2.30. The van der Waals surface area contributed by atoms with E-state index in [1.165, 1.54) is 24.5 Å². The van der Waals surface area contributed by atoms with Gasteiger partial charge in [-0.3, -0.25) is 19.1 Å². The van der Waals surface area contributed by atoms with Gasteiger partial charge in [0.05, 0.1) is 17.8 Å². The lowest BCUT2D eigenvalue weighted by Gasteiger charge is -2.13. The number of carbonyl (C=O) groups is 1. The highest BCUT2D eigenvalue weighted by molar-refractivity contribution is 5.91. The zero-order valence-corrected chi connectivity index (χ0v) is 18.1. The number of halogens is 3. The summed E-state index contributed by atoms with van der Waals surface area (Å²) in [6, 6.07) is 15.7. The number of rotatable bonds is 6. The summed E-state index contributed by atoms with van der Waals surface area (Å²) < 4.78 is 41.0. The van der Waals surface area contributed by atoms with Crippen LogP contribution in [-0.2, 0) is 19.3 Å². The van der Waals surface area contributed by atoms with E-state index in [0.717, 1.165) is 16.8 Å². The van der Waals surface area contributed by atoms with Crippen molar-refractivity contribution in [3.05, 3.63) is 122 Å². The van der Waals surface area contributed by atoms with Crippen LogP contribution in [0.25, 0.3) is 5.69 Å². The molecule has 11 heteroatoms. The molecule has 1 amide bonds. The second-order valence-corrected chi connectivity index (χ2v) is 7.51. The van der Waals surface area contributed by atoms with Crippen LogP contribution < -0.4 is 16.6 Å². The van der Waals surface area contributed by atoms with E-state index in [1.54, 1.807) is 42.5 Å². The van der Waals surface area contributed by atoms with Crippen molar-refractivity contribution < 1.29 is 18.0 Å². The van der Waals surface area contributed by atoms with E-state index in [9.17, 15) is 27.6 Å². The number of hydrogen-bond donors (Lipinski definition) is 1. The predicted molar refractivity (Wildman–Crippen MR) is 120 cm³/mol. The zero-order chi connectivity index (χ0) is 25.0. The third kappa shape index (κ3) is 5.35. The van der Waals surface area contributed by atoms with E-state index < -0.39 is 41.1 Å². The number of amides is 1. The maximum absolute atomic E-state index is 13.1. The molecule has 1 N–H and O–H groups in total. The lowest BCUT2D eigenvalue weighted by molar-refractivity contribution is -0.137. The van der Waals surface area contributed by atoms with Gasteiger partial charge in [-0.05, 0) is 47.5 Å². The summed E-state index contributed by atoms with van der Waals surface area (Å²) in [6.45, 7) is -0.415. The van der Waals surface area contributed by atoms with Gasteiger partial charge in [-0.2, -0.15) is 23.0 Å².